The maximum atomic E-state index is 13.0. The number of thiophene rings is 1. The Morgan fingerprint density at radius 3 is 2.64 bits per heavy atom. The van der Waals surface area contributed by atoms with Crippen LogP contribution in [0.2, 0.25) is 0 Å². The Morgan fingerprint density at radius 1 is 1.12 bits per heavy atom. The summed E-state index contributed by atoms with van der Waals surface area (Å²) < 4.78 is 0. The van der Waals surface area contributed by atoms with Crippen LogP contribution in [0.5, 0.6) is 0 Å². The molecule has 0 bridgehead atoms. The summed E-state index contributed by atoms with van der Waals surface area (Å²) in [5.74, 6) is 0.801. The number of hydrogen-bond donors (Lipinski definition) is 1. The Labute approximate surface area is 150 Å². The zero-order chi connectivity index (χ0) is 17.2. The van der Waals surface area contributed by atoms with Crippen LogP contribution in [0.15, 0.2) is 36.7 Å². The molecule has 1 fully saturated rings. The highest BCUT2D eigenvalue weighted by molar-refractivity contribution is 7.19. The first-order valence-electron chi connectivity index (χ1n) is 8.59. The first kappa shape index (κ1) is 16.0. The first-order valence-corrected chi connectivity index (χ1v) is 9.41. The van der Waals surface area contributed by atoms with E-state index in [9.17, 15) is 4.79 Å². The average molecular weight is 352 g/mol. The van der Waals surface area contributed by atoms with Gasteiger partial charge in [0.25, 0.3) is 5.91 Å². The number of carbonyl (C=O) groups is 1. The second-order valence-corrected chi connectivity index (χ2v) is 7.48. The zero-order valence-electron chi connectivity index (χ0n) is 14.2. The van der Waals surface area contributed by atoms with Crippen LogP contribution in [0.25, 0.3) is 10.2 Å². The van der Waals surface area contributed by atoms with E-state index in [-0.39, 0.29) is 5.91 Å². The Morgan fingerprint density at radius 2 is 1.88 bits per heavy atom. The van der Waals surface area contributed by atoms with Gasteiger partial charge < -0.3 is 10.2 Å². The molecule has 5 nitrogen and oxygen atoms in total. The van der Waals surface area contributed by atoms with Gasteiger partial charge in [0, 0.05) is 23.7 Å². The normalized spacial score (nSPS) is 14.7. The number of nitrogens with one attached hydrogen (secondary N) is 1. The summed E-state index contributed by atoms with van der Waals surface area (Å²) in [4.78, 5) is 26.1. The zero-order valence-corrected chi connectivity index (χ0v) is 15.0. The van der Waals surface area contributed by atoms with Crippen molar-refractivity contribution in [3.8, 4) is 0 Å². The fourth-order valence-electron chi connectivity index (χ4n) is 3.36. The lowest BCUT2D eigenvalue weighted by Crippen LogP contribution is -2.30. The van der Waals surface area contributed by atoms with Gasteiger partial charge in [-0.25, -0.2) is 9.97 Å². The van der Waals surface area contributed by atoms with Gasteiger partial charge in [-0.05, 0) is 38.3 Å². The number of aryl methyl sites for hydroxylation is 1. The van der Waals surface area contributed by atoms with Gasteiger partial charge in [-0.1, -0.05) is 18.2 Å². The molecule has 0 spiro atoms. The summed E-state index contributed by atoms with van der Waals surface area (Å²) in [6.07, 6.45) is 5.20. The predicted octanol–water partition coefficient (Wildman–Crippen LogP) is 4.24. The van der Waals surface area contributed by atoms with Crippen LogP contribution in [0.1, 0.15) is 34.5 Å². The van der Waals surface area contributed by atoms with E-state index >= 15 is 0 Å². The van der Waals surface area contributed by atoms with Crippen molar-refractivity contribution in [3.63, 3.8) is 0 Å². The molecule has 128 valence electrons. The van der Waals surface area contributed by atoms with Crippen molar-refractivity contribution < 1.29 is 4.79 Å². The molecule has 1 amide bonds. The van der Waals surface area contributed by atoms with E-state index in [0.717, 1.165) is 39.7 Å². The molecule has 0 atom stereocenters. The fraction of sp³-hybridized carbons (Fsp3) is 0.316. The largest absolute Gasteiger partial charge is 0.356 e. The number of anilines is 2. The van der Waals surface area contributed by atoms with Crippen LogP contribution < -0.4 is 10.2 Å². The van der Waals surface area contributed by atoms with Crippen LogP contribution in [0.3, 0.4) is 0 Å². The van der Waals surface area contributed by atoms with Crippen molar-refractivity contribution >= 4 is 39.0 Å². The van der Waals surface area contributed by atoms with Gasteiger partial charge in [-0.3, -0.25) is 4.79 Å². The van der Waals surface area contributed by atoms with Gasteiger partial charge in [-0.2, -0.15) is 0 Å². The Hall–Kier alpha value is -2.47. The maximum Gasteiger partial charge on any atom is 0.257 e. The number of nitrogens with zero attached hydrogens (tertiary/aromatic N) is 3. The van der Waals surface area contributed by atoms with Crippen LogP contribution >= 0.6 is 11.3 Å². The number of amides is 1. The molecule has 0 aliphatic carbocycles. The van der Waals surface area contributed by atoms with Crippen molar-refractivity contribution in [3.05, 3.63) is 47.1 Å². The van der Waals surface area contributed by atoms with E-state index < -0.39 is 0 Å². The van der Waals surface area contributed by atoms with E-state index in [1.807, 2.05) is 37.3 Å². The van der Waals surface area contributed by atoms with Crippen LogP contribution in [0, 0.1) is 6.92 Å². The number of fused-ring (bicyclic) bond motifs is 1. The van der Waals surface area contributed by atoms with Gasteiger partial charge in [0.1, 0.15) is 17.0 Å². The number of rotatable bonds is 3. The van der Waals surface area contributed by atoms with Gasteiger partial charge in [0.2, 0.25) is 0 Å². The topological polar surface area (TPSA) is 58.1 Å². The molecule has 1 aliphatic rings. The fourth-order valence-corrected chi connectivity index (χ4v) is 4.34. The third-order valence-corrected chi connectivity index (χ3v) is 5.57. The monoisotopic (exact) mass is 352 g/mol. The standard InChI is InChI=1S/C19H20N4OS/c1-13-15(18(24)22-14-8-4-2-5-9-14)16-17(20-12-21-19(16)25-13)23-10-6-3-7-11-23/h2,4-5,8-9,12H,3,6-7,10-11H2,1H3,(H,22,24). The Balaban J connectivity index is 1.77. The number of aromatic nitrogens is 2. The minimum Gasteiger partial charge on any atom is -0.356 e. The molecule has 3 heterocycles. The van der Waals surface area contributed by atoms with Gasteiger partial charge >= 0.3 is 0 Å². The van der Waals surface area contributed by atoms with Crippen LogP contribution in [-0.4, -0.2) is 29.0 Å². The second kappa shape index (κ2) is 6.80. The van der Waals surface area contributed by atoms with Crippen molar-refractivity contribution in [2.24, 2.45) is 0 Å². The molecule has 2 aromatic heterocycles. The molecule has 1 N–H and O–H groups in total. The van der Waals surface area contributed by atoms with Gasteiger partial charge in [-0.15, -0.1) is 11.3 Å². The van der Waals surface area contributed by atoms with Crippen molar-refractivity contribution in [1.29, 1.82) is 0 Å². The maximum absolute atomic E-state index is 13.0. The lowest BCUT2D eigenvalue weighted by atomic mass is 10.1. The van der Waals surface area contributed by atoms with Crippen molar-refractivity contribution in [1.82, 2.24) is 9.97 Å². The molecule has 4 rings (SSSR count). The highest BCUT2D eigenvalue weighted by Crippen LogP contribution is 2.36. The van der Waals surface area contributed by atoms with E-state index in [0.29, 0.717) is 5.56 Å². The Kier molecular flexibility index (Phi) is 4.36. The molecule has 0 saturated carbocycles. The SMILES string of the molecule is Cc1sc2ncnc(N3CCCCC3)c2c1C(=O)Nc1ccccc1. The summed E-state index contributed by atoms with van der Waals surface area (Å²) in [7, 11) is 0. The minimum absolute atomic E-state index is 0.0944. The molecule has 0 unspecified atom stereocenters. The summed E-state index contributed by atoms with van der Waals surface area (Å²) in [6.45, 7) is 3.95. The lowest BCUT2D eigenvalue weighted by Gasteiger charge is -2.28. The average Bonchev–Trinajstić information content (AvgIpc) is 2.99. The van der Waals surface area contributed by atoms with E-state index in [2.05, 4.69) is 20.2 Å². The molecule has 3 aromatic rings. The molecule has 6 heteroatoms. The first-order chi connectivity index (χ1) is 12.2. The molecule has 0 radical (unpaired) electrons. The third kappa shape index (κ3) is 3.09. The quantitative estimate of drug-likeness (QED) is 0.766. The second-order valence-electron chi connectivity index (χ2n) is 6.28. The number of piperidine rings is 1. The van der Waals surface area contributed by atoms with E-state index in [1.54, 1.807) is 17.7 Å². The van der Waals surface area contributed by atoms with Crippen molar-refractivity contribution in [2.45, 2.75) is 26.2 Å². The lowest BCUT2D eigenvalue weighted by molar-refractivity contribution is 0.102. The summed E-state index contributed by atoms with van der Waals surface area (Å²) in [5, 5.41) is 3.89. The molecule has 1 aliphatic heterocycles. The van der Waals surface area contributed by atoms with E-state index in [1.165, 1.54) is 19.3 Å². The highest BCUT2D eigenvalue weighted by Gasteiger charge is 2.24. The number of para-hydroxylation sites is 1. The number of benzene rings is 1. The molecule has 25 heavy (non-hydrogen) atoms. The Bertz CT molecular complexity index is 900. The van der Waals surface area contributed by atoms with Crippen LogP contribution in [0.4, 0.5) is 11.5 Å². The highest BCUT2D eigenvalue weighted by atomic mass is 32.1. The number of carbonyl (C=O) groups excluding carboxylic acids is 1. The molecule has 1 saturated heterocycles. The molecule has 1 aromatic carbocycles. The van der Waals surface area contributed by atoms with Gasteiger partial charge in [0.05, 0.1) is 10.9 Å². The third-order valence-electron chi connectivity index (χ3n) is 4.56. The van der Waals surface area contributed by atoms with E-state index in [4.69, 9.17) is 0 Å². The molecular weight excluding hydrogens is 332 g/mol. The number of hydrogen-bond acceptors (Lipinski definition) is 5. The van der Waals surface area contributed by atoms with Crippen molar-refractivity contribution in [2.75, 3.05) is 23.3 Å². The summed E-state index contributed by atoms with van der Waals surface area (Å²) in [5.41, 5.74) is 1.49. The minimum atomic E-state index is -0.0944. The predicted molar refractivity (Wildman–Crippen MR) is 103 cm³/mol. The summed E-state index contributed by atoms with van der Waals surface area (Å²) in [6, 6.07) is 9.55. The smallest absolute Gasteiger partial charge is 0.257 e. The molecular formula is C19H20N4OS. The van der Waals surface area contributed by atoms with Gasteiger partial charge in [0.15, 0.2) is 0 Å². The summed E-state index contributed by atoms with van der Waals surface area (Å²) >= 11 is 1.56. The van der Waals surface area contributed by atoms with Crippen LogP contribution in [-0.2, 0) is 0 Å².